The first kappa shape index (κ1) is 20.9. The summed E-state index contributed by atoms with van der Waals surface area (Å²) in [7, 11) is 0. The van der Waals surface area contributed by atoms with Crippen molar-refractivity contribution in [2.45, 2.75) is 40.5 Å². The minimum atomic E-state index is 0.161. The van der Waals surface area contributed by atoms with E-state index < -0.39 is 0 Å². The van der Waals surface area contributed by atoms with Crippen LogP contribution in [0, 0.1) is 0 Å². The van der Waals surface area contributed by atoms with Crippen LogP contribution in [0.15, 0.2) is 48.8 Å². The zero-order chi connectivity index (χ0) is 21.0. The topological polar surface area (TPSA) is 41.4 Å². The number of anilines is 1. The fraction of sp³-hybridized carbons (Fsp3) is 0.417. The summed E-state index contributed by atoms with van der Waals surface area (Å²) >= 11 is 0. The lowest BCUT2D eigenvalue weighted by molar-refractivity contribution is -0.129. The second-order valence-electron chi connectivity index (χ2n) is 7.53. The minimum Gasteiger partial charge on any atom is -0.368 e. The number of hydrogen-bond acceptors (Lipinski definition) is 3. The summed E-state index contributed by atoms with van der Waals surface area (Å²) < 4.78 is 2.15. The average molecular weight is 393 g/mol. The molecule has 0 N–H and O–H groups in total. The van der Waals surface area contributed by atoms with Crippen molar-refractivity contribution in [3.05, 3.63) is 54.4 Å². The molecule has 1 aliphatic rings. The van der Waals surface area contributed by atoms with Crippen LogP contribution in [0.3, 0.4) is 0 Å². The molecule has 1 amide bonds. The number of imidazole rings is 1. The normalized spacial score (nSPS) is 14.1. The lowest BCUT2D eigenvalue weighted by Gasteiger charge is -2.35. The van der Waals surface area contributed by atoms with Gasteiger partial charge in [-0.2, -0.15) is 0 Å². The molecule has 0 bridgehead atoms. The highest BCUT2D eigenvalue weighted by molar-refractivity contribution is 5.78. The molecule has 5 heteroatoms. The summed E-state index contributed by atoms with van der Waals surface area (Å²) in [6.45, 7) is 13.3. The monoisotopic (exact) mass is 392 g/mol. The smallest absolute Gasteiger partial charge is 0.219 e. The van der Waals surface area contributed by atoms with Gasteiger partial charge in [0.05, 0.1) is 11.0 Å². The van der Waals surface area contributed by atoms with Gasteiger partial charge in [0.1, 0.15) is 6.33 Å². The van der Waals surface area contributed by atoms with Gasteiger partial charge in [-0.15, -0.1) is 0 Å². The van der Waals surface area contributed by atoms with Gasteiger partial charge in [0.25, 0.3) is 0 Å². The van der Waals surface area contributed by atoms with Gasteiger partial charge in [-0.3, -0.25) is 9.36 Å². The molecule has 0 unspecified atom stereocenters. The second-order valence-corrected chi connectivity index (χ2v) is 7.53. The Morgan fingerprint density at radius 3 is 2.31 bits per heavy atom. The Morgan fingerprint density at radius 2 is 1.66 bits per heavy atom. The highest BCUT2D eigenvalue weighted by atomic mass is 16.2. The Hall–Kier alpha value is -2.82. The minimum absolute atomic E-state index is 0.161. The highest BCUT2D eigenvalue weighted by Gasteiger charge is 2.19. The van der Waals surface area contributed by atoms with Crippen molar-refractivity contribution in [3.63, 3.8) is 0 Å². The molecule has 1 saturated heterocycles. The zero-order valence-electron chi connectivity index (χ0n) is 18.2. The van der Waals surface area contributed by atoms with Gasteiger partial charge in [0.2, 0.25) is 5.91 Å². The number of piperazine rings is 1. The fourth-order valence-electron chi connectivity index (χ4n) is 3.71. The Balaban J connectivity index is 0.00000117. The summed E-state index contributed by atoms with van der Waals surface area (Å²) in [5.41, 5.74) is 5.77. The van der Waals surface area contributed by atoms with Gasteiger partial charge < -0.3 is 9.80 Å². The molecule has 154 valence electrons. The Kier molecular flexibility index (Phi) is 6.57. The highest BCUT2D eigenvalue weighted by Crippen LogP contribution is 2.25. The summed E-state index contributed by atoms with van der Waals surface area (Å²) in [6.07, 6.45) is 1.90. The molecule has 0 spiro atoms. The zero-order valence-corrected chi connectivity index (χ0v) is 18.2. The summed E-state index contributed by atoms with van der Waals surface area (Å²) in [6, 6.07) is 15.1. The molecule has 1 aliphatic heterocycles. The molecule has 1 aromatic heterocycles. The van der Waals surface area contributed by atoms with Gasteiger partial charge in [0, 0.05) is 44.5 Å². The molecule has 1 fully saturated rings. The van der Waals surface area contributed by atoms with E-state index in [0.29, 0.717) is 5.92 Å². The third kappa shape index (κ3) is 4.44. The Bertz CT molecular complexity index is 968. The van der Waals surface area contributed by atoms with Crippen LogP contribution in [-0.2, 0) is 4.79 Å². The maximum absolute atomic E-state index is 11.5. The van der Waals surface area contributed by atoms with Gasteiger partial charge in [-0.05, 0) is 41.8 Å². The van der Waals surface area contributed by atoms with Crippen LogP contribution in [0.5, 0.6) is 0 Å². The number of amides is 1. The van der Waals surface area contributed by atoms with Crippen molar-refractivity contribution in [2.75, 3.05) is 31.1 Å². The largest absolute Gasteiger partial charge is 0.368 e. The molecule has 5 nitrogen and oxygen atoms in total. The first-order chi connectivity index (χ1) is 14.0. The summed E-state index contributed by atoms with van der Waals surface area (Å²) in [4.78, 5) is 20.4. The number of benzene rings is 2. The quantitative estimate of drug-likeness (QED) is 0.640. The van der Waals surface area contributed by atoms with Gasteiger partial charge >= 0.3 is 0 Å². The molecule has 2 heterocycles. The molecule has 0 aliphatic carbocycles. The van der Waals surface area contributed by atoms with Crippen molar-refractivity contribution < 1.29 is 4.79 Å². The molecule has 0 atom stereocenters. The van der Waals surface area contributed by atoms with Gasteiger partial charge in [-0.1, -0.05) is 39.8 Å². The molecule has 2 aromatic carbocycles. The van der Waals surface area contributed by atoms with Crippen molar-refractivity contribution in [3.8, 4) is 5.69 Å². The number of rotatable bonds is 3. The average Bonchev–Trinajstić information content (AvgIpc) is 3.18. The molecular weight excluding hydrogens is 360 g/mol. The molecule has 0 radical (unpaired) electrons. The SMILES string of the molecule is CC.CC(=O)N1CCN(c2cccc(-n3cnc4cc(C(C)C)ccc43)c2)CC1. The number of nitrogens with zero attached hydrogens (tertiary/aromatic N) is 4. The number of hydrogen-bond donors (Lipinski definition) is 0. The number of carbonyl (C=O) groups is 1. The standard InChI is InChI=1S/C22H26N4O.C2H6/c1-16(2)18-7-8-22-21(13-18)23-15-26(22)20-6-4-5-19(14-20)25-11-9-24(10-12-25)17(3)27;1-2/h4-8,13-16H,9-12H2,1-3H3;1-2H3. The fourth-order valence-corrected chi connectivity index (χ4v) is 3.71. The maximum atomic E-state index is 11.5. The van der Waals surface area contributed by atoms with E-state index >= 15 is 0 Å². The molecule has 4 rings (SSSR count). The lowest BCUT2D eigenvalue weighted by atomic mass is 10.0. The van der Waals surface area contributed by atoms with Crippen LogP contribution in [0.2, 0.25) is 0 Å². The number of fused-ring (bicyclic) bond motifs is 1. The first-order valence-electron chi connectivity index (χ1n) is 10.6. The van der Waals surface area contributed by atoms with E-state index in [9.17, 15) is 4.79 Å². The van der Waals surface area contributed by atoms with Crippen molar-refractivity contribution in [2.24, 2.45) is 0 Å². The number of carbonyl (C=O) groups excluding carboxylic acids is 1. The van der Waals surface area contributed by atoms with Crippen LogP contribution >= 0.6 is 0 Å². The predicted octanol–water partition coefficient (Wildman–Crippen LogP) is 4.84. The van der Waals surface area contributed by atoms with Crippen LogP contribution in [0.1, 0.15) is 46.1 Å². The van der Waals surface area contributed by atoms with Crippen LogP contribution in [-0.4, -0.2) is 46.5 Å². The van der Waals surface area contributed by atoms with E-state index in [1.54, 1.807) is 6.92 Å². The maximum Gasteiger partial charge on any atom is 0.219 e. The first-order valence-corrected chi connectivity index (χ1v) is 10.6. The van der Waals surface area contributed by atoms with E-state index in [0.717, 1.165) is 42.9 Å². The van der Waals surface area contributed by atoms with E-state index in [2.05, 4.69) is 70.8 Å². The van der Waals surface area contributed by atoms with Crippen LogP contribution < -0.4 is 4.90 Å². The molecular formula is C24H32N4O. The van der Waals surface area contributed by atoms with Crippen molar-refractivity contribution in [1.29, 1.82) is 0 Å². The van der Waals surface area contributed by atoms with Crippen LogP contribution in [0.25, 0.3) is 16.7 Å². The molecule has 0 saturated carbocycles. The van der Waals surface area contributed by atoms with E-state index in [1.807, 2.05) is 25.1 Å². The molecule has 3 aromatic rings. The lowest BCUT2D eigenvalue weighted by Crippen LogP contribution is -2.48. The Morgan fingerprint density at radius 1 is 0.966 bits per heavy atom. The summed E-state index contributed by atoms with van der Waals surface area (Å²) in [5, 5.41) is 0. The third-order valence-electron chi connectivity index (χ3n) is 5.44. The second kappa shape index (κ2) is 9.12. The number of aromatic nitrogens is 2. The van der Waals surface area contributed by atoms with Gasteiger partial charge in [0.15, 0.2) is 0 Å². The summed E-state index contributed by atoms with van der Waals surface area (Å²) in [5.74, 6) is 0.658. The van der Waals surface area contributed by atoms with Crippen molar-refractivity contribution in [1.82, 2.24) is 14.5 Å². The third-order valence-corrected chi connectivity index (χ3v) is 5.44. The van der Waals surface area contributed by atoms with Gasteiger partial charge in [-0.25, -0.2) is 4.98 Å². The predicted molar refractivity (Wildman–Crippen MR) is 121 cm³/mol. The van der Waals surface area contributed by atoms with Crippen LogP contribution in [0.4, 0.5) is 5.69 Å². The van der Waals surface area contributed by atoms with E-state index in [1.165, 1.54) is 11.3 Å². The van der Waals surface area contributed by atoms with E-state index in [4.69, 9.17) is 0 Å². The van der Waals surface area contributed by atoms with E-state index in [-0.39, 0.29) is 5.91 Å². The molecule has 29 heavy (non-hydrogen) atoms. The van der Waals surface area contributed by atoms with Crippen molar-refractivity contribution >= 4 is 22.6 Å². The Labute approximate surface area is 174 Å².